The first kappa shape index (κ1) is 13.4. The smallest absolute Gasteiger partial charge is 0.246 e. The van der Waals surface area contributed by atoms with Gasteiger partial charge in [-0.25, -0.2) is 0 Å². The van der Waals surface area contributed by atoms with Crippen LogP contribution in [-0.4, -0.2) is 49.5 Å². The van der Waals surface area contributed by atoms with Gasteiger partial charge in [0.15, 0.2) is 0 Å². The van der Waals surface area contributed by atoms with Gasteiger partial charge < -0.3 is 20.5 Å². The lowest BCUT2D eigenvalue weighted by Crippen LogP contribution is -2.59. The Bertz CT molecular complexity index is 217. The molecule has 1 aliphatic rings. The van der Waals surface area contributed by atoms with Crippen molar-refractivity contribution in [1.29, 1.82) is 0 Å². The van der Waals surface area contributed by atoms with E-state index in [4.69, 9.17) is 9.84 Å². The van der Waals surface area contributed by atoms with E-state index in [-0.39, 0.29) is 24.7 Å². The molecule has 1 heterocycles. The number of carbonyl (C=O) groups is 1. The van der Waals surface area contributed by atoms with Gasteiger partial charge in [0.2, 0.25) is 5.91 Å². The fourth-order valence-corrected chi connectivity index (χ4v) is 1.51. The van der Waals surface area contributed by atoms with Gasteiger partial charge in [-0.3, -0.25) is 4.79 Å². The van der Waals surface area contributed by atoms with E-state index >= 15 is 0 Å². The third-order valence-corrected chi connectivity index (χ3v) is 2.71. The van der Waals surface area contributed by atoms with Crippen LogP contribution in [0, 0.1) is 0 Å². The minimum atomic E-state index is -0.159. The summed E-state index contributed by atoms with van der Waals surface area (Å²) in [4.78, 5) is 11.4. The third kappa shape index (κ3) is 4.92. The van der Waals surface area contributed by atoms with Crippen LogP contribution in [0.5, 0.6) is 0 Å². The highest BCUT2D eigenvalue weighted by molar-refractivity contribution is 5.77. The summed E-state index contributed by atoms with van der Waals surface area (Å²) >= 11 is 0. The van der Waals surface area contributed by atoms with Crippen LogP contribution < -0.4 is 10.6 Å². The van der Waals surface area contributed by atoms with Crippen LogP contribution in [-0.2, 0) is 9.53 Å². The molecule has 0 aromatic carbocycles. The Hall–Kier alpha value is -0.650. The Balaban J connectivity index is 1.94. The van der Waals surface area contributed by atoms with Crippen molar-refractivity contribution in [3.63, 3.8) is 0 Å². The highest BCUT2D eigenvalue weighted by Crippen LogP contribution is 2.14. The maximum Gasteiger partial charge on any atom is 0.246 e. The summed E-state index contributed by atoms with van der Waals surface area (Å²) in [6.07, 6.45) is 2.65. The second kappa shape index (κ2) is 6.83. The van der Waals surface area contributed by atoms with Crippen molar-refractivity contribution >= 4 is 5.91 Å². The quantitative estimate of drug-likeness (QED) is 0.498. The second-order valence-corrected chi connectivity index (χ2v) is 4.48. The minimum absolute atomic E-state index is 0.0582. The van der Waals surface area contributed by atoms with Gasteiger partial charge in [0.1, 0.15) is 6.61 Å². The molecule has 0 bridgehead atoms. The van der Waals surface area contributed by atoms with Crippen molar-refractivity contribution in [3.8, 4) is 0 Å². The van der Waals surface area contributed by atoms with Gasteiger partial charge in [-0.2, -0.15) is 0 Å². The molecule has 0 aromatic rings. The minimum Gasteiger partial charge on any atom is -0.396 e. The number of nitrogens with one attached hydrogen (secondary N) is 2. The standard InChI is InChI=1S/C11H22N2O3/c1-11(8-12-9-11)16-7-10(15)13-5-3-2-4-6-14/h12,14H,2-9H2,1H3,(H,13,15). The molecule has 1 aliphatic heterocycles. The summed E-state index contributed by atoms with van der Waals surface area (Å²) in [5.74, 6) is -0.0582. The summed E-state index contributed by atoms with van der Waals surface area (Å²) in [5, 5.41) is 14.5. The number of unbranched alkanes of at least 4 members (excludes halogenated alkanes) is 2. The van der Waals surface area contributed by atoms with E-state index in [2.05, 4.69) is 10.6 Å². The van der Waals surface area contributed by atoms with Gasteiger partial charge in [-0.05, 0) is 26.2 Å². The molecular formula is C11H22N2O3. The van der Waals surface area contributed by atoms with Crippen LogP contribution in [0.2, 0.25) is 0 Å². The molecule has 0 aromatic heterocycles. The maximum atomic E-state index is 11.4. The SMILES string of the molecule is CC1(OCC(=O)NCCCCCO)CNC1. The van der Waals surface area contributed by atoms with E-state index in [1.54, 1.807) is 0 Å². The molecule has 16 heavy (non-hydrogen) atoms. The molecule has 0 unspecified atom stereocenters. The number of aliphatic hydroxyl groups excluding tert-OH is 1. The summed E-state index contributed by atoms with van der Waals surface area (Å²) in [5.41, 5.74) is -0.159. The van der Waals surface area contributed by atoms with Crippen molar-refractivity contribution < 1.29 is 14.6 Å². The first-order valence-corrected chi connectivity index (χ1v) is 5.88. The lowest BCUT2D eigenvalue weighted by Gasteiger charge is -2.38. The predicted molar refractivity (Wildman–Crippen MR) is 61.2 cm³/mol. The zero-order valence-corrected chi connectivity index (χ0v) is 9.92. The molecule has 5 nitrogen and oxygen atoms in total. The van der Waals surface area contributed by atoms with Crippen molar-refractivity contribution in [1.82, 2.24) is 10.6 Å². The lowest BCUT2D eigenvalue weighted by atomic mass is 10.0. The number of aliphatic hydroxyl groups is 1. The van der Waals surface area contributed by atoms with Crippen LogP contribution in [0.25, 0.3) is 0 Å². The first-order chi connectivity index (χ1) is 7.66. The van der Waals surface area contributed by atoms with E-state index in [1.165, 1.54) is 0 Å². The third-order valence-electron chi connectivity index (χ3n) is 2.71. The van der Waals surface area contributed by atoms with E-state index in [1.807, 2.05) is 6.92 Å². The van der Waals surface area contributed by atoms with Crippen LogP contribution in [0.4, 0.5) is 0 Å². The molecule has 1 fully saturated rings. The van der Waals surface area contributed by atoms with E-state index in [0.717, 1.165) is 32.4 Å². The van der Waals surface area contributed by atoms with Crippen molar-refractivity contribution in [2.24, 2.45) is 0 Å². The Morgan fingerprint density at radius 1 is 1.44 bits per heavy atom. The van der Waals surface area contributed by atoms with Gasteiger partial charge in [0.25, 0.3) is 0 Å². The predicted octanol–water partition coefficient (Wildman–Crippen LogP) is -0.356. The number of carbonyl (C=O) groups excluding carboxylic acids is 1. The fraction of sp³-hybridized carbons (Fsp3) is 0.909. The number of amides is 1. The summed E-state index contributed by atoms with van der Waals surface area (Å²) in [6, 6.07) is 0. The Labute approximate surface area is 96.6 Å². The van der Waals surface area contributed by atoms with Gasteiger partial charge in [-0.1, -0.05) is 0 Å². The molecule has 94 valence electrons. The van der Waals surface area contributed by atoms with Crippen LogP contribution in [0.1, 0.15) is 26.2 Å². The normalized spacial score (nSPS) is 17.9. The largest absolute Gasteiger partial charge is 0.396 e. The fourth-order valence-electron chi connectivity index (χ4n) is 1.51. The average Bonchev–Trinajstić information content (AvgIpc) is 2.23. The van der Waals surface area contributed by atoms with Crippen molar-refractivity contribution in [2.45, 2.75) is 31.8 Å². The molecule has 0 aliphatic carbocycles. The lowest BCUT2D eigenvalue weighted by molar-refractivity contribution is -0.135. The van der Waals surface area contributed by atoms with Crippen LogP contribution in [0.15, 0.2) is 0 Å². The molecule has 0 atom stereocenters. The highest BCUT2D eigenvalue weighted by Gasteiger charge is 2.32. The number of hydrogen-bond donors (Lipinski definition) is 3. The molecule has 3 N–H and O–H groups in total. The highest BCUT2D eigenvalue weighted by atomic mass is 16.5. The summed E-state index contributed by atoms with van der Waals surface area (Å²) in [7, 11) is 0. The van der Waals surface area contributed by atoms with E-state index < -0.39 is 0 Å². The van der Waals surface area contributed by atoms with Crippen LogP contribution >= 0.6 is 0 Å². The Kier molecular flexibility index (Phi) is 5.73. The molecule has 1 amide bonds. The average molecular weight is 230 g/mol. The zero-order valence-electron chi connectivity index (χ0n) is 9.92. The molecule has 0 radical (unpaired) electrons. The van der Waals surface area contributed by atoms with Gasteiger partial charge in [0.05, 0.1) is 5.60 Å². The molecule has 5 heteroatoms. The van der Waals surface area contributed by atoms with Crippen molar-refractivity contribution in [3.05, 3.63) is 0 Å². The number of ether oxygens (including phenoxy) is 1. The van der Waals surface area contributed by atoms with Gasteiger partial charge in [-0.15, -0.1) is 0 Å². The van der Waals surface area contributed by atoms with E-state index in [9.17, 15) is 4.79 Å². The molecule has 1 rings (SSSR count). The molecular weight excluding hydrogens is 208 g/mol. The monoisotopic (exact) mass is 230 g/mol. The maximum absolute atomic E-state index is 11.4. The van der Waals surface area contributed by atoms with Crippen molar-refractivity contribution in [2.75, 3.05) is 32.8 Å². The van der Waals surface area contributed by atoms with Gasteiger partial charge >= 0.3 is 0 Å². The van der Waals surface area contributed by atoms with E-state index in [0.29, 0.717) is 6.54 Å². The zero-order chi connectivity index (χ0) is 11.9. The second-order valence-electron chi connectivity index (χ2n) is 4.48. The molecule has 1 saturated heterocycles. The van der Waals surface area contributed by atoms with Gasteiger partial charge in [0, 0.05) is 26.2 Å². The van der Waals surface area contributed by atoms with Crippen LogP contribution in [0.3, 0.4) is 0 Å². The molecule has 0 saturated carbocycles. The first-order valence-electron chi connectivity index (χ1n) is 5.88. The summed E-state index contributed by atoms with van der Waals surface area (Å²) < 4.78 is 5.49. The Morgan fingerprint density at radius 2 is 2.19 bits per heavy atom. The number of hydrogen-bond acceptors (Lipinski definition) is 4. The topological polar surface area (TPSA) is 70.6 Å². The molecule has 0 spiro atoms. The Morgan fingerprint density at radius 3 is 2.75 bits per heavy atom. The number of rotatable bonds is 8. The summed E-state index contributed by atoms with van der Waals surface area (Å²) in [6.45, 7) is 4.66.